The molecule has 0 N–H and O–H groups in total. The molecule has 0 aliphatic heterocycles. The lowest BCUT2D eigenvalue weighted by molar-refractivity contribution is 0.955. The van der Waals surface area contributed by atoms with E-state index in [0.29, 0.717) is 17.6 Å². The first-order valence-electron chi connectivity index (χ1n) is 18.9. The largest absolute Gasteiger partial charge is 0.309 e. The number of para-hydroxylation sites is 3. The van der Waals surface area contributed by atoms with Gasteiger partial charge in [0.15, 0.2) is 11.6 Å². The number of hydrogen-bond acceptors (Lipinski definition) is 3. The average Bonchev–Trinajstić information content (AvgIpc) is 3.80. The SMILES string of the molecule is c1ccc(-c2ccc(-c3nc(-c4cccc(-c5ccccc5)c4)nc(-n4c5ccccc5c5ccc6c(c7ccccc7n6-c6ccccc6)c54)n3)cc2)cc1. The highest BCUT2D eigenvalue weighted by Gasteiger charge is 2.23. The Hall–Kier alpha value is -7.63. The van der Waals surface area contributed by atoms with Gasteiger partial charge in [-0.1, -0.05) is 164 Å². The van der Waals surface area contributed by atoms with Gasteiger partial charge in [0.25, 0.3) is 0 Å². The predicted molar refractivity (Wildman–Crippen MR) is 230 cm³/mol. The fraction of sp³-hybridized carbons (Fsp3) is 0. The van der Waals surface area contributed by atoms with Crippen molar-refractivity contribution in [3.05, 3.63) is 200 Å². The molecule has 5 nitrogen and oxygen atoms in total. The molecule has 0 amide bonds. The predicted octanol–water partition coefficient (Wildman–Crippen LogP) is 12.7. The minimum atomic E-state index is 0.567. The zero-order valence-electron chi connectivity index (χ0n) is 30.3. The number of rotatable bonds is 6. The maximum Gasteiger partial charge on any atom is 0.238 e. The molecule has 0 unspecified atom stereocenters. The molecular formula is C51H33N5. The molecule has 0 bridgehead atoms. The van der Waals surface area contributed by atoms with Crippen LogP contribution in [0.3, 0.4) is 0 Å². The molecule has 0 atom stereocenters. The Morgan fingerprint density at radius 3 is 1.54 bits per heavy atom. The van der Waals surface area contributed by atoms with Crippen molar-refractivity contribution in [3.8, 4) is 56.7 Å². The summed E-state index contributed by atoms with van der Waals surface area (Å²) in [5.41, 5.74) is 11.9. The third kappa shape index (κ3) is 5.21. The molecular weight excluding hydrogens is 683 g/mol. The van der Waals surface area contributed by atoms with E-state index in [-0.39, 0.29) is 0 Å². The quantitative estimate of drug-likeness (QED) is 0.172. The maximum absolute atomic E-state index is 5.36. The second-order valence-corrected chi connectivity index (χ2v) is 14.1. The van der Waals surface area contributed by atoms with Crippen LogP contribution in [0.2, 0.25) is 0 Å². The first-order valence-corrected chi connectivity index (χ1v) is 18.9. The van der Waals surface area contributed by atoms with Crippen molar-refractivity contribution in [2.24, 2.45) is 0 Å². The minimum Gasteiger partial charge on any atom is -0.309 e. The second-order valence-electron chi connectivity index (χ2n) is 14.1. The summed E-state index contributed by atoms with van der Waals surface area (Å²) in [7, 11) is 0. The lowest BCUT2D eigenvalue weighted by Crippen LogP contribution is -2.06. The molecule has 0 aliphatic rings. The van der Waals surface area contributed by atoms with Crippen LogP contribution in [0.25, 0.3) is 100 Å². The third-order valence-electron chi connectivity index (χ3n) is 10.8. The Morgan fingerprint density at radius 1 is 0.304 bits per heavy atom. The van der Waals surface area contributed by atoms with Crippen LogP contribution in [0.4, 0.5) is 0 Å². The van der Waals surface area contributed by atoms with Gasteiger partial charge in [-0.05, 0) is 58.7 Å². The minimum absolute atomic E-state index is 0.567. The third-order valence-corrected chi connectivity index (χ3v) is 10.8. The summed E-state index contributed by atoms with van der Waals surface area (Å²) in [5, 5.41) is 4.61. The fourth-order valence-corrected chi connectivity index (χ4v) is 8.21. The van der Waals surface area contributed by atoms with Crippen LogP contribution in [0, 0.1) is 0 Å². The van der Waals surface area contributed by atoms with E-state index in [9.17, 15) is 0 Å². The number of fused-ring (bicyclic) bond motifs is 7. The molecule has 5 heteroatoms. The van der Waals surface area contributed by atoms with Crippen molar-refractivity contribution >= 4 is 43.6 Å². The summed E-state index contributed by atoms with van der Waals surface area (Å²) in [4.78, 5) is 15.9. The zero-order chi connectivity index (χ0) is 37.0. The summed E-state index contributed by atoms with van der Waals surface area (Å²) in [6.07, 6.45) is 0. The van der Waals surface area contributed by atoms with Gasteiger partial charge in [0.05, 0.1) is 22.1 Å². The van der Waals surface area contributed by atoms with Gasteiger partial charge in [0.1, 0.15) is 0 Å². The lowest BCUT2D eigenvalue weighted by Gasteiger charge is -2.12. The van der Waals surface area contributed by atoms with Gasteiger partial charge >= 0.3 is 0 Å². The highest BCUT2D eigenvalue weighted by Crippen LogP contribution is 2.42. The molecule has 0 aliphatic carbocycles. The number of aromatic nitrogens is 5. The van der Waals surface area contributed by atoms with E-state index in [1.54, 1.807) is 0 Å². The van der Waals surface area contributed by atoms with E-state index in [1.165, 1.54) is 5.39 Å². The highest BCUT2D eigenvalue weighted by atomic mass is 15.2. The molecule has 262 valence electrons. The summed E-state index contributed by atoms with van der Waals surface area (Å²) >= 11 is 0. The normalized spacial score (nSPS) is 11.6. The second kappa shape index (κ2) is 13.0. The lowest BCUT2D eigenvalue weighted by atomic mass is 10.0. The fourth-order valence-electron chi connectivity index (χ4n) is 8.21. The molecule has 3 heterocycles. The first kappa shape index (κ1) is 31.9. The molecule has 0 saturated heterocycles. The van der Waals surface area contributed by atoms with Gasteiger partial charge in [0.2, 0.25) is 5.95 Å². The van der Waals surface area contributed by atoms with Crippen molar-refractivity contribution in [2.75, 3.05) is 0 Å². The Kier molecular flexibility index (Phi) is 7.42. The van der Waals surface area contributed by atoms with Crippen LogP contribution >= 0.6 is 0 Å². The van der Waals surface area contributed by atoms with Gasteiger partial charge in [0, 0.05) is 38.4 Å². The van der Waals surface area contributed by atoms with Gasteiger partial charge in [-0.2, -0.15) is 9.97 Å². The summed E-state index contributed by atoms with van der Waals surface area (Å²) in [6.45, 7) is 0. The van der Waals surface area contributed by atoms with E-state index in [2.05, 4.69) is 197 Å². The molecule has 3 aromatic heterocycles. The van der Waals surface area contributed by atoms with Gasteiger partial charge in [-0.15, -0.1) is 0 Å². The molecule has 11 aromatic rings. The van der Waals surface area contributed by atoms with Crippen molar-refractivity contribution in [3.63, 3.8) is 0 Å². The van der Waals surface area contributed by atoms with Crippen molar-refractivity contribution < 1.29 is 0 Å². The first-order chi connectivity index (χ1) is 27.8. The molecule has 11 rings (SSSR count). The van der Waals surface area contributed by atoms with Crippen LogP contribution in [0.5, 0.6) is 0 Å². The highest BCUT2D eigenvalue weighted by molar-refractivity contribution is 6.26. The van der Waals surface area contributed by atoms with E-state index in [4.69, 9.17) is 15.0 Å². The Balaban J connectivity index is 1.21. The van der Waals surface area contributed by atoms with E-state index in [1.807, 2.05) is 12.1 Å². The average molecular weight is 716 g/mol. The monoisotopic (exact) mass is 715 g/mol. The van der Waals surface area contributed by atoms with Gasteiger partial charge < -0.3 is 4.57 Å². The number of benzene rings is 8. The molecule has 0 fully saturated rings. The summed E-state index contributed by atoms with van der Waals surface area (Å²) < 4.78 is 4.61. The zero-order valence-corrected chi connectivity index (χ0v) is 30.3. The Bertz CT molecular complexity index is 3220. The van der Waals surface area contributed by atoms with Crippen molar-refractivity contribution in [1.82, 2.24) is 24.1 Å². The maximum atomic E-state index is 5.36. The van der Waals surface area contributed by atoms with E-state index in [0.717, 1.165) is 77.3 Å². The molecule has 56 heavy (non-hydrogen) atoms. The summed E-state index contributed by atoms with van der Waals surface area (Å²) in [6, 6.07) is 70.2. The molecule has 0 radical (unpaired) electrons. The number of nitrogens with zero attached hydrogens (tertiary/aromatic N) is 5. The standard InChI is InChI=1S/C51H33N5/c1-4-15-34(16-5-1)36-27-29-37(30-28-36)49-52-50(39-20-14-19-38(33-39)35-17-6-2-7-18-35)54-51(53-49)56-44-25-12-10-23-41(44)42-31-32-46-47(48(42)56)43-24-11-13-26-45(43)55(46)40-21-8-3-9-22-40/h1-33H. The molecule has 0 saturated carbocycles. The summed E-state index contributed by atoms with van der Waals surface area (Å²) in [5.74, 6) is 1.79. The van der Waals surface area contributed by atoms with E-state index < -0.39 is 0 Å². The van der Waals surface area contributed by atoms with Crippen molar-refractivity contribution in [1.29, 1.82) is 0 Å². The van der Waals surface area contributed by atoms with Gasteiger partial charge in [-0.3, -0.25) is 4.57 Å². The van der Waals surface area contributed by atoms with Crippen molar-refractivity contribution in [2.45, 2.75) is 0 Å². The van der Waals surface area contributed by atoms with Crippen LogP contribution in [-0.2, 0) is 0 Å². The van der Waals surface area contributed by atoms with Crippen LogP contribution in [0.15, 0.2) is 200 Å². The van der Waals surface area contributed by atoms with Crippen LogP contribution in [0.1, 0.15) is 0 Å². The molecule has 8 aromatic carbocycles. The van der Waals surface area contributed by atoms with Crippen LogP contribution in [-0.4, -0.2) is 24.1 Å². The number of hydrogen-bond donors (Lipinski definition) is 0. The Morgan fingerprint density at radius 2 is 0.821 bits per heavy atom. The topological polar surface area (TPSA) is 48.5 Å². The van der Waals surface area contributed by atoms with Crippen LogP contribution < -0.4 is 0 Å². The smallest absolute Gasteiger partial charge is 0.238 e. The molecule has 0 spiro atoms. The van der Waals surface area contributed by atoms with Gasteiger partial charge in [-0.25, -0.2) is 4.98 Å². The Labute approximate surface area is 323 Å². The van der Waals surface area contributed by atoms with E-state index >= 15 is 0 Å².